The molecule has 0 aliphatic carbocycles. The van der Waals surface area contributed by atoms with E-state index in [1.54, 1.807) is 12.1 Å². The second kappa shape index (κ2) is 17.2. The molecule has 0 fully saturated rings. The predicted molar refractivity (Wildman–Crippen MR) is 144 cm³/mol. The van der Waals surface area contributed by atoms with Gasteiger partial charge >= 0.3 is 7.82 Å². The van der Waals surface area contributed by atoms with E-state index in [1.165, 1.54) is 62.0 Å². The van der Waals surface area contributed by atoms with Crippen molar-refractivity contribution in [2.75, 3.05) is 19.8 Å². The minimum absolute atomic E-state index is 0.0343. The molecule has 0 unspecified atom stereocenters. The van der Waals surface area contributed by atoms with Crippen molar-refractivity contribution in [1.82, 2.24) is 4.90 Å². The number of aryl methyl sites for hydroxylation is 1. The highest BCUT2D eigenvalue weighted by molar-refractivity contribution is 7.46. The van der Waals surface area contributed by atoms with E-state index in [4.69, 9.17) is 14.5 Å². The summed E-state index contributed by atoms with van der Waals surface area (Å²) in [7, 11) is -4.62. The minimum Gasteiger partial charge on any atom is -0.508 e. The number of ether oxygens (including phenoxy) is 1. The number of phenolic OH excluding ortho intramolecular Hbond substituents is 1. The zero-order valence-corrected chi connectivity index (χ0v) is 22.8. The third-order valence-electron chi connectivity index (χ3n) is 6.08. The van der Waals surface area contributed by atoms with E-state index in [-0.39, 0.29) is 37.8 Å². The van der Waals surface area contributed by atoms with Crippen molar-refractivity contribution in [2.24, 2.45) is 0 Å². The topological polar surface area (TPSA) is 117 Å². The molecule has 0 saturated carbocycles. The first-order chi connectivity index (χ1) is 17.8. The maximum Gasteiger partial charge on any atom is 0.469 e. The van der Waals surface area contributed by atoms with Crippen molar-refractivity contribution in [3.05, 3.63) is 59.7 Å². The summed E-state index contributed by atoms with van der Waals surface area (Å²) in [4.78, 5) is 32.4. The average molecular weight is 536 g/mol. The number of carbonyl (C=O) groups excluding carboxylic acids is 1. The van der Waals surface area contributed by atoms with Crippen LogP contribution in [0.2, 0.25) is 0 Å². The first-order valence-electron chi connectivity index (χ1n) is 13.2. The van der Waals surface area contributed by atoms with Gasteiger partial charge in [0.25, 0.3) is 0 Å². The van der Waals surface area contributed by atoms with Crippen LogP contribution in [0.4, 0.5) is 0 Å². The second-order valence-corrected chi connectivity index (χ2v) is 10.5. The minimum atomic E-state index is -4.62. The van der Waals surface area contributed by atoms with Gasteiger partial charge in [-0.15, -0.1) is 0 Å². The summed E-state index contributed by atoms with van der Waals surface area (Å²) in [6, 6.07) is 14.2. The van der Waals surface area contributed by atoms with Gasteiger partial charge in [-0.1, -0.05) is 76.1 Å². The predicted octanol–water partition coefficient (Wildman–Crippen LogP) is 5.98. The van der Waals surface area contributed by atoms with Crippen molar-refractivity contribution < 1.29 is 33.5 Å². The number of benzene rings is 2. The van der Waals surface area contributed by atoms with Crippen LogP contribution in [0.25, 0.3) is 0 Å². The number of hydrogen-bond donors (Lipinski definition) is 3. The molecule has 0 spiro atoms. The van der Waals surface area contributed by atoms with E-state index in [0.29, 0.717) is 13.0 Å². The summed E-state index contributed by atoms with van der Waals surface area (Å²) in [5.41, 5.74) is 1.77. The van der Waals surface area contributed by atoms with Crippen LogP contribution in [0.3, 0.4) is 0 Å². The first-order valence-corrected chi connectivity index (χ1v) is 14.8. The Bertz CT molecular complexity index is 961. The number of unbranched alkanes of at least 4 members (excludes halogenated alkanes) is 7. The molecule has 0 saturated heterocycles. The van der Waals surface area contributed by atoms with Crippen LogP contribution in [0.5, 0.6) is 11.5 Å². The molecule has 0 atom stereocenters. The van der Waals surface area contributed by atoms with Crippen LogP contribution in [0, 0.1) is 0 Å². The Morgan fingerprint density at radius 1 is 0.892 bits per heavy atom. The molecule has 3 N–H and O–H groups in total. The molecule has 0 aliphatic rings. The van der Waals surface area contributed by atoms with Crippen LogP contribution in [0.15, 0.2) is 48.5 Å². The van der Waals surface area contributed by atoms with Crippen molar-refractivity contribution in [3.8, 4) is 11.5 Å². The van der Waals surface area contributed by atoms with Gasteiger partial charge in [-0.05, 0) is 48.2 Å². The number of amides is 1. The maximum atomic E-state index is 13.0. The lowest BCUT2D eigenvalue weighted by Crippen LogP contribution is -2.33. The number of phenols is 1. The van der Waals surface area contributed by atoms with Crippen molar-refractivity contribution >= 4 is 13.7 Å². The highest BCUT2D eigenvalue weighted by Gasteiger charge is 2.18. The number of hydrogen-bond acceptors (Lipinski definition) is 5. The van der Waals surface area contributed by atoms with Gasteiger partial charge in [0.05, 0.1) is 13.2 Å². The largest absolute Gasteiger partial charge is 0.508 e. The van der Waals surface area contributed by atoms with E-state index in [9.17, 15) is 14.5 Å². The van der Waals surface area contributed by atoms with Gasteiger partial charge in [0.2, 0.25) is 5.91 Å². The molecular weight excluding hydrogens is 493 g/mol. The van der Waals surface area contributed by atoms with Gasteiger partial charge < -0.3 is 24.5 Å². The second-order valence-electron chi connectivity index (χ2n) is 9.28. The molecule has 37 heavy (non-hydrogen) atoms. The molecule has 1 amide bonds. The summed E-state index contributed by atoms with van der Waals surface area (Å²) in [6.07, 6.45) is 10.7. The SMILES string of the molecule is CCCCCCCCCCOc1cccc(CCC(=O)N(CCOP(=O)(O)O)Cc2ccc(O)cc2)c1. The van der Waals surface area contributed by atoms with Crippen LogP contribution >= 0.6 is 7.82 Å². The molecule has 9 heteroatoms. The smallest absolute Gasteiger partial charge is 0.469 e. The Balaban J connectivity index is 1.81. The number of carbonyl (C=O) groups is 1. The molecule has 206 valence electrons. The fourth-order valence-electron chi connectivity index (χ4n) is 4.01. The Hall–Kier alpha value is -2.38. The van der Waals surface area contributed by atoms with Crippen LogP contribution in [-0.4, -0.2) is 45.5 Å². The summed E-state index contributed by atoms with van der Waals surface area (Å²) in [5.74, 6) is 0.757. The third kappa shape index (κ3) is 14.2. The fraction of sp³-hybridized carbons (Fsp3) is 0.536. The average Bonchev–Trinajstić information content (AvgIpc) is 2.86. The standard InChI is InChI=1S/C28H42NO7P/c1-2-3-4-5-6-7-8-9-20-35-27-12-10-11-24(22-27)15-18-28(31)29(19-21-36-37(32,33)34)23-25-13-16-26(30)17-14-25/h10-14,16-17,22,30H,2-9,15,18-21,23H2,1H3,(H2,32,33,34). The van der Waals surface area contributed by atoms with Crippen LogP contribution in [-0.2, 0) is 26.8 Å². The lowest BCUT2D eigenvalue weighted by molar-refractivity contribution is -0.132. The molecule has 2 aromatic carbocycles. The third-order valence-corrected chi connectivity index (χ3v) is 6.59. The number of nitrogens with zero attached hydrogens (tertiary/aromatic N) is 1. The normalized spacial score (nSPS) is 11.4. The Kier molecular flexibility index (Phi) is 14.3. The van der Waals surface area contributed by atoms with E-state index in [0.717, 1.165) is 23.3 Å². The van der Waals surface area contributed by atoms with Gasteiger partial charge in [-0.2, -0.15) is 0 Å². The van der Waals surface area contributed by atoms with Crippen molar-refractivity contribution in [2.45, 2.75) is 77.7 Å². The molecule has 0 aliphatic heterocycles. The zero-order chi connectivity index (χ0) is 26.9. The molecule has 0 bridgehead atoms. The molecule has 0 radical (unpaired) electrons. The van der Waals surface area contributed by atoms with Gasteiger partial charge in [-0.3, -0.25) is 9.32 Å². The summed E-state index contributed by atoms with van der Waals surface area (Å²) in [5, 5.41) is 9.49. The quantitative estimate of drug-likeness (QED) is 0.150. The fourth-order valence-corrected chi connectivity index (χ4v) is 4.33. The van der Waals surface area contributed by atoms with E-state index in [2.05, 4.69) is 11.4 Å². The van der Waals surface area contributed by atoms with E-state index >= 15 is 0 Å². The van der Waals surface area contributed by atoms with E-state index in [1.807, 2.05) is 24.3 Å². The van der Waals surface area contributed by atoms with Crippen LogP contribution in [0.1, 0.15) is 75.8 Å². The molecule has 8 nitrogen and oxygen atoms in total. The number of phosphoric ester groups is 1. The highest BCUT2D eigenvalue weighted by Crippen LogP contribution is 2.35. The molecular formula is C28H42NO7P. The zero-order valence-electron chi connectivity index (χ0n) is 21.9. The van der Waals surface area contributed by atoms with Gasteiger partial charge in [-0.25, -0.2) is 4.57 Å². The summed E-state index contributed by atoms with van der Waals surface area (Å²) in [6.45, 7) is 2.90. The number of rotatable bonds is 19. The van der Waals surface area contributed by atoms with Crippen molar-refractivity contribution in [3.63, 3.8) is 0 Å². The van der Waals surface area contributed by atoms with Crippen molar-refractivity contribution in [1.29, 1.82) is 0 Å². The Morgan fingerprint density at radius 3 is 2.24 bits per heavy atom. The highest BCUT2D eigenvalue weighted by atomic mass is 31.2. The molecule has 0 aromatic heterocycles. The summed E-state index contributed by atoms with van der Waals surface area (Å²) < 4.78 is 21.5. The van der Waals surface area contributed by atoms with E-state index < -0.39 is 7.82 Å². The Labute approximate surface area is 220 Å². The number of phosphoric acid groups is 1. The number of aromatic hydroxyl groups is 1. The van der Waals surface area contributed by atoms with Gasteiger partial charge in [0.15, 0.2) is 0 Å². The molecule has 2 rings (SSSR count). The van der Waals surface area contributed by atoms with Gasteiger partial charge in [0, 0.05) is 19.5 Å². The maximum absolute atomic E-state index is 13.0. The Morgan fingerprint density at radius 2 is 1.57 bits per heavy atom. The van der Waals surface area contributed by atoms with Crippen LogP contribution < -0.4 is 4.74 Å². The monoisotopic (exact) mass is 535 g/mol. The lowest BCUT2D eigenvalue weighted by atomic mass is 10.1. The summed E-state index contributed by atoms with van der Waals surface area (Å²) >= 11 is 0. The van der Waals surface area contributed by atoms with Gasteiger partial charge in [0.1, 0.15) is 11.5 Å². The molecule has 0 heterocycles. The molecule has 2 aromatic rings. The lowest BCUT2D eigenvalue weighted by Gasteiger charge is -2.23. The first kappa shape index (κ1) is 30.8.